The molecule has 0 spiro atoms. The lowest BCUT2D eigenvalue weighted by Gasteiger charge is -2.13. The lowest BCUT2D eigenvalue weighted by molar-refractivity contribution is 0.0951. The van der Waals surface area contributed by atoms with E-state index in [1.807, 2.05) is 6.07 Å². The smallest absolute Gasteiger partial charge is 0.261 e. The van der Waals surface area contributed by atoms with E-state index in [9.17, 15) is 13.2 Å². The molecule has 2 N–H and O–H groups in total. The van der Waals surface area contributed by atoms with Crippen molar-refractivity contribution in [3.63, 3.8) is 0 Å². The number of carbonyl (C=O) groups excluding carboxylic acids is 1. The summed E-state index contributed by atoms with van der Waals surface area (Å²) in [5.41, 5.74) is 1.28. The summed E-state index contributed by atoms with van der Waals surface area (Å²) in [6, 6.07) is 19.9. The van der Waals surface area contributed by atoms with Crippen LogP contribution >= 0.6 is 0 Å². The van der Waals surface area contributed by atoms with Gasteiger partial charge in [0, 0.05) is 6.54 Å². The van der Waals surface area contributed by atoms with Crippen molar-refractivity contribution >= 4 is 21.6 Å². The number of amides is 1. The Kier molecular flexibility index (Phi) is 5.09. The molecule has 0 unspecified atom stereocenters. The Bertz CT molecular complexity index is 1150. The van der Waals surface area contributed by atoms with Crippen molar-refractivity contribution in [2.75, 3.05) is 11.5 Å². The van der Waals surface area contributed by atoms with Gasteiger partial charge < -0.3 is 14.8 Å². The van der Waals surface area contributed by atoms with E-state index in [2.05, 4.69) is 10.0 Å². The molecule has 0 aliphatic carbocycles. The molecule has 0 fully saturated rings. The number of ether oxygens (including phenoxy) is 2. The van der Waals surface area contributed by atoms with Gasteiger partial charge >= 0.3 is 0 Å². The third kappa shape index (κ3) is 4.17. The molecule has 1 amide bonds. The molecule has 0 aromatic heterocycles. The molecule has 3 aromatic rings. The Labute approximate surface area is 168 Å². The molecule has 7 nitrogen and oxygen atoms in total. The summed E-state index contributed by atoms with van der Waals surface area (Å²) in [5, 5.41) is 2.80. The summed E-state index contributed by atoms with van der Waals surface area (Å²) in [7, 11) is -3.80. The Hall–Kier alpha value is -3.52. The van der Waals surface area contributed by atoms with Crippen molar-refractivity contribution in [3.8, 4) is 11.5 Å². The molecule has 0 radical (unpaired) electrons. The second-order valence-corrected chi connectivity index (χ2v) is 8.02. The van der Waals surface area contributed by atoms with Gasteiger partial charge in [-0.05, 0) is 42.0 Å². The fourth-order valence-corrected chi connectivity index (χ4v) is 4.00. The second kappa shape index (κ2) is 7.84. The average molecular weight is 410 g/mol. The molecule has 29 heavy (non-hydrogen) atoms. The minimum atomic E-state index is -3.80. The number of hydrogen-bond donors (Lipinski definition) is 2. The number of para-hydroxylation sites is 1. The highest BCUT2D eigenvalue weighted by molar-refractivity contribution is 7.92. The second-order valence-electron chi connectivity index (χ2n) is 6.33. The molecular weight excluding hydrogens is 392 g/mol. The number of hydrogen-bond acceptors (Lipinski definition) is 5. The summed E-state index contributed by atoms with van der Waals surface area (Å²) in [6.45, 7) is 0.440. The van der Waals surface area contributed by atoms with Crippen LogP contribution in [-0.4, -0.2) is 21.1 Å². The van der Waals surface area contributed by atoms with Crippen molar-refractivity contribution in [2.24, 2.45) is 0 Å². The summed E-state index contributed by atoms with van der Waals surface area (Å²) in [4.78, 5) is 12.8. The molecule has 0 bridgehead atoms. The van der Waals surface area contributed by atoms with E-state index >= 15 is 0 Å². The highest BCUT2D eigenvalue weighted by Gasteiger charge is 2.19. The van der Waals surface area contributed by atoms with Gasteiger partial charge in [0.1, 0.15) is 0 Å². The van der Waals surface area contributed by atoms with E-state index in [1.54, 1.807) is 54.6 Å². The number of fused-ring (bicyclic) bond motifs is 1. The minimum Gasteiger partial charge on any atom is -0.454 e. The molecule has 0 atom stereocenters. The van der Waals surface area contributed by atoms with Gasteiger partial charge in [0.05, 0.1) is 16.1 Å². The highest BCUT2D eigenvalue weighted by Crippen LogP contribution is 2.32. The summed E-state index contributed by atoms with van der Waals surface area (Å²) >= 11 is 0. The zero-order valence-corrected chi connectivity index (χ0v) is 16.1. The van der Waals surface area contributed by atoms with E-state index in [0.717, 1.165) is 5.56 Å². The van der Waals surface area contributed by atoms with E-state index < -0.39 is 15.9 Å². The van der Waals surface area contributed by atoms with Crippen LogP contribution in [-0.2, 0) is 16.6 Å². The van der Waals surface area contributed by atoms with Crippen molar-refractivity contribution in [2.45, 2.75) is 11.4 Å². The summed E-state index contributed by atoms with van der Waals surface area (Å²) < 4.78 is 38.3. The van der Waals surface area contributed by atoms with Crippen LogP contribution in [0.15, 0.2) is 77.7 Å². The van der Waals surface area contributed by atoms with Crippen LogP contribution in [0.3, 0.4) is 0 Å². The van der Waals surface area contributed by atoms with Crippen LogP contribution in [0.25, 0.3) is 0 Å². The molecule has 8 heteroatoms. The monoisotopic (exact) mass is 410 g/mol. The van der Waals surface area contributed by atoms with E-state index in [0.29, 0.717) is 11.5 Å². The predicted molar refractivity (Wildman–Crippen MR) is 107 cm³/mol. The number of anilines is 1. The van der Waals surface area contributed by atoms with Crippen molar-refractivity contribution in [1.29, 1.82) is 0 Å². The average Bonchev–Trinajstić information content (AvgIpc) is 3.21. The maximum Gasteiger partial charge on any atom is 0.261 e. The lowest BCUT2D eigenvalue weighted by atomic mass is 10.1. The Morgan fingerprint density at radius 1 is 0.897 bits per heavy atom. The fourth-order valence-electron chi connectivity index (χ4n) is 2.90. The molecule has 0 saturated carbocycles. The van der Waals surface area contributed by atoms with Gasteiger partial charge in [0.2, 0.25) is 6.79 Å². The maximum atomic E-state index is 12.7. The summed E-state index contributed by atoms with van der Waals surface area (Å²) in [5.74, 6) is 0.905. The molecular formula is C21H18N2O5S. The number of rotatable bonds is 6. The quantitative estimate of drug-likeness (QED) is 0.651. The van der Waals surface area contributed by atoms with Gasteiger partial charge in [0.15, 0.2) is 11.5 Å². The largest absolute Gasteiger partial charge is 0.454 e. The molecule has 4 rings (SSSR count). The van der Waals surface area contributed by atoms with Gasteiger partial charge in [-0.2, -0.15) is 0 Å². The first-order valence-electron chi connectivity index (χ1n) is 8.86. The number of carbonyl (C=O) groups is 1. The van der Waals surface area contributed by atoms with Crippen LogP contribution < -0.4 is 19.5 Å². The Balaban J connectivity index is 1.49. The van der Waals surface area contributed by atoms with Crippen LogP contribution in [0.5, 0.6) is 11.5 Å². The molecule has 0 saturated heterocycles. The van der Waals surface area contributed by atoms with Gasteiger partial charge in [-0.15, -0.1) is 0 Å². The van der Waals surface area contributed by atoms with Crippen LogP contribution in [0.4, 0.5) is 5.69 Å². The van der Waals surface area contributed by atoms with Gasteiger partial charge in [-0.25, -0.2) is 8.42 Å². The molecule has 1 aliphatic heterocycles. The molecule has 3 aromatic carbocycles. The van der Waals surface area contributed by atoms with E-state index in [1.165, 1.54) is 12.1 Å². The van der Waals surface area contributed by atoms with Gasteiger partial charge in [-0.1, -0.05) is 36.4 Å². The number of nitrogens with one attached hydrogen (secondary N) is 2. The number of benzene rings is 3. The van der Waals surface area contributed by atoms with Crippen molar-refractivity contribution in [1.82, 2.24) is 5.32 Å². The summed E-state index contributed by atoms with van der Waals surface area (Å²) in [6.07, 6.45) is 0. The Morgan fingerprint density at radius 2 is 1.62 bits per heavy atom. The first-order chi connectivity index (χ1) is 14.0. The fraction of sp³-hybridized carbons (Fsp3) is 0.0952. The SMILES string of the molecule is O=C(NCc1ccc2c(c1)OCO2)c1ccccc1NS(=O)(=O)c1ccccc1. The third-order valence-corrected chi connectivity index (χ3v) is 5.74. The predicted octanol–water partition coefficient (Wildman–Crippen LogP) is 3.15. The number of sulfonamides is 1. The van der Waals surface area contributed by atoms with Crippen molar-refractivity contribution in [3.05, 3.63) is 83.9 Å². The Morgan fingerprint density at radius 3 is 2.45 bits per heavy atom. The maximum absolute atomic E-state index is 12.7. The zero-order valence-electron chi connectivity index (χ0n) is 15.3. The normalized spacial score (nSPS) is 12.4. The molecule has 1 aliphatic rings. The standard InChI is InChI=1S/C21H18N2O5S/c24-21(22-13-15-10-11-19-20(12-15)28-14-27-19)17-8-4-5-9-18(17)23-29(25,26)16-6-2-1-3-7-16/h1-12,23H,13-14H2,(H,22,24). The highest BCUT2D eigenvalue weighted by atomic mass is 32.2. The molecule has 148 valence electrons. The van der Waals surface area contributed by atoms with Crippen LogP contribution in [0.1, 0.15) is 15.9 Å². The van der Waals surface area contributed by atoms with Gasteiger partial charge in [0.25, 0.3) is 15.9 Å². The third-order valence-electron chi connectivity index (χ3n) is 4.36. The van der Waals surface area contributed by atoms with Crippen LogP contribution in [0.2, 0.25) is 0 Å². The van der Waals surface area contributed by atoms with E-state index in [-0.39, 0.29) is 29.5 Å². The topological polar surface area (TPSA) is 93.7 Å². The lowest BCUT2D eigenvalue weighted by Crippen LogP contribution is -2.25. The first-order valence-corrected chi connectivity index (χ1v) is 10.3. The van der Waals surface area contributed by atoms with Gasteiger partial charge in [-0.3, -0.25) is 9.52 Å². The molecule has 1 heterocycles. The van der Waals surface area contributed by atoms with E-state index in [4.69, 9.17) is 9.47 Å². The first kappa shape index (κ1) is 18.8. The zero-order chi connectivity index (χ0) is 20.3. The van der Waals surface area contributed by atoms with Crippen LogP contribution in [0, 0.1) is 0 Å². The minimum absolute atomic E-state index is 0.121. The van der Waals surface area contributed by atoms with Crippen molar-refractivity contribution < 1.29 is 22.7 Å².